The van der Waals surface area contributed by atoms with Crippen molar-refractivity contribution >= 4 is 16.6 Å². The summed E-state index contributed by atoms with van der Waals surface area (Å²) in [7, 11) is 0. The minimum Gasteiger partial charge on any atom is -0.383 e. The van der Waals surface area contributed by atoms with Gasteiger partial charge in [-0.2, -0.15) is 0 Å². The first-order valence-electron chi connectivity index (χ1n) is 8.59. The van der Waals surface area contributed by atoms with Gasteiger partial charge in [-0.3, -0.25) is 4.98 Å². The van der Waals surface area contributed by atoms with Crippen LogP contribution in [0.3, 0.4) is 0 Å². The summed E-state index contributed by atoms with van der Waals surface area (Å²) in [5.41, 5.74) is 3.91. The molecule has 0 radical (unpaired) electrons. The lowest BCUT2D eigenvalue weighted by Crippen LogP contribution is -2.28. The van der Waals surface area contributed by atoms with Gasteiger partial charge in [0, 0.05) is 30.4 Å². The van der Waals surface area contributed by atoms with E-state index in [4.69, 9.17) is 4.98 Å². The predicted molar refractivity (Wildman–Crippen MR) is 101 cm³/mol. The van der Waals surface area contributed by atoms with Crippen LogP contribution in [0.4, 0.5) is 5.69 Å². The number of hydrogen-bond donors (Lipinski definition) is 1. The summed E-state index contributed by atoms with van der Waals surface area (Å²) in [5, 5.41) is 4.74. The average molecular weight is 320 g/mol. The normalized spacial score (nSPS) is 11.1. The molecule has 0 amide bonds. The van der Waals surface area contributed by atoms with Crippen molar-refractivity contribution in [3.63, 3.8) is 0 Å². The Morgan fingerprint density at radius 2 is 1.75 bits per heavy atom. The van der Waals surface area contributed by atoms with Gasteiger partial charge in [-0.15, -0.1) is 0 Å². The highest BCUT2D eigenvalue weighted by atomic mass is 15.1. The molecule has 0 fully saturated rings. The van der Waals surface area contributed by atoms with Gasteiger partial charge in [0.1, 0.15) is 0 Å². The largest absolute Gasteiger partial charge is 0.383 e. The van der Waals surface area contributed by atoms with Gasteiger partial charge in [-0.1, -0.05) is 38.1 Å². The molecule has 24 heavy (non-hydrogen) atoms. The maximum absolute atomic E-state index is 4.77. The van der Waals surface area contributed by atoms with Crippen molar-refractivity contribution in [3.05, 3.63) is 54.7 Å². The van der Waals surface area contributed by atoms with Crippen molar-refractivity contribution in [2.24, 2.45) is 0 Å². The highest BCUT2D eigenvalue weighted by molar-refractivity contribution is 5.93. The zero-order valence-corrected chi connectivity index (χ0v) is 14.4. The number of aromatic nitrogens is 2. The Morgan fingerprint density at radius 3 is 2.50 bits per heavy atom. The minimum absolute atomic E-state index is 0.898. The van der Waals surface area contributed by atoms with Crippen molar-refractivity contribution in [1.82, 2.24) is 14.9 Å². The number of anilines is 1. The van der Waals surface area contributed by atoms with Gasteiger partial charge < -0.3 is 10.2 Å². The van der Waals surface area contributed by atoms with E-state index in [9.17, 15) is 0 Å². The van der Waals surface area contributed by atoms with Gasteiger partial charge in [0.15, 0.2) is 0 Å². The van der Waals surface area contributed by atoms with Crippen molar-refractivity contribution in [3.8, 4) is 11.4 Å². The fraction of sp³-hybridized carbons (Fsp3) is 0.300. The quantitative estimate of drug-likeness (QED) is 0.713. The summed E-state index contributed by atoms with van der Waals surface area (Å²) < 4.78 is 0. The number of hydrogen-bond acceptors (Lipinski definition) is 4. The molecular weight excluding hydrogens is 296 g/mol. The average Bonchev–Trinajstić information content (AvgIpc) is 2.65. The lowest BCUT2D eigenvalue weighted by atomic mass is 10.1. The fourth-order valence-corrected chi connectivity index (χ4v) is 2.86. The first-order valence-corrected chi connectivity index (χ1v) is 8.59. The van der Waals surface area contributed by atoms with Gasteiger partial charge in [0.2, 0.25) is 0 Å². The molecule has 4 heteroatoms. The van der Waals surface area contributed by atoms with Crippen LogP contribution in [0.1, 0.15) is 13.8 Å². The summed E-state index contributed by atoms with van der Waals surface area (Å²) in [6.45, 7) is 8.50. The number of pyridine rings is 2. The maximum atomic E-state index is 4.77. The molecule has 0 aliphatic rings. The second kappa shape index (κ2) is 7.88. The molecule has 0 spiro atoms. The van der Waals surface area contributed by atoms with Gasteiger partial charge in [0.25, 0.3) is 0 Å². The number of benzene rings is 1. The summed E-state index contributed by atoms with van der Waals surface area (Å²) in [4.78, 5) is 11.6. The van der Waals surface area contributed by atoms with E-state index in [-0.39, 0.29) is 0 Å². The van der Waals surface area contributed by atoms with Gasteiger partial charge in [0.05, 0.1) is 16.9 Å². The molecule has 1 N–H and O–H groups in total. The number of para-hydroxylation sites is 1. The first kappa shape index (κ1) is 16.4. The Hall–Kier alpha value is -2.46. The van der Waals surface area contributed by atoms with Crippen molar-refractivity contribution < 1.29 is 0 Å². The molecule has 0 saturated heterocycles. The van der Waals surface area contributed by atoms with Gasteiger partial charge in [-0.05, 0) is 37.4 Å². The Balaban J connectivity index is 1.90. The third kappa shape index (κ3) is 3.71. The van der Waals surface area contributed by atoms with Crippen molar-refractivity contribution in [2.45, 2.75) is 13.8 Å². The van der Waals surface area contributed by atoms with Gasteiger partial charge in [-0.25, -0.2) is 4.98 Å². The Morgan fingerprint density at radius 1 is 0.958 bits per heavy atom. The molecule has 0 aliphatic carbocycles. The smallest absolute Gasteiger partial charge is 0.0914 e. The van der Waals surface area contributed by atoms with Crippen LogP contribution in [0, 0.1) is 0 Å². The summed E-state index contributed by atoms with van der Waals surface area (Å²) in [5.74, 6) is 0. The van der Waals surface area contributed by atoms with Crippen LogP contribution >= 0.6 is 0 Å². The third-order valence-electron chi connectivity index (χ3n) is 4.28. The Kier molecular flexibility index (Phi) is 5.39. The Bertz CT molecular complexity index is 782. The predicted octanol–water partition coefficient (Wildman–Crippen LogP) is 4.05. The molecule has 0 aliphatic heterocycles. The minimum atomic E-state index is 0.898. The molecular formula is C20H24N4. The number of nitrogens with one attached hydrogen (secondary N) is 1. The molecule has 3 aromatic rings. The molecule has 0 unspecified atom stereocenters. The summed E-state index contributed by atoms with van der Waals surface area (Å²) in [6.07, 6.45) is 1.81. The lowest BCUT2D eigenvalue weighted by Gasteiger charge is -2.19. The van der Waals surface area contributed by atoms with Crippen LogP contribution < -0.4 is 5.32 Å². The zero-order valence-electron chi connectivity index (χ0n) is 14.4. The molecule has 0 atom stereocenters. The number of likely N-dealkylation sites (N-methyl/N-ethyl adjacent to an activating group) is 1. The molecule has 1 aromatic carbocycles. The lowest BCUT2D eigenvalue weighted by molar-refractivity contribution is 0.316. The van der Waals surface area contributed by atoms with Crippen LogP contribution in [0.25, 0.3) is 22.3 Å². The highest BCUT2D eigenvalue weighted by Gasteiger charge is 2.08. The zero-order chi connectivity index (χ0) is 16.8. The third-order valence-corrected chi connectivity index (χ3v) is 4.28. The second-order valence-corrected chi connectivity index (χ2v) is 5.74. The van der Waals surface area contributed by atoms with Crippen molar-refractivity contribution in [2.75, 3.05) is 31.5 Å². The van der Waals surface area contributed by atoms with Crippen LogP contribution in [0.2, 0.25) is 0 Å². The molecule has 124 valence electrons. The molecule has 2 heterocycles. The SMILES string of the molecule is CCN(CC)CCNc1cc(-c2ccccn2)nc2ccccc12. The van der Waals surface area contributed by atoms with E-state index in [1.807, 2.05) is 24.3 Å². The molecule has 4 nitrogen and oxygen atoms in total. The standard InChI is InChI=1S/C20H24N4/c1-3-24(4-2)14-13-22-19-15-20(18-11-7-8-12-21-18)23-17-10-6-5-9-16(17)19/h5-12,15H,3-4,13-14H2,1-2H3,(H,22,23). The van der Waals surface area contributed by atoms with E-state index < -0.39 is 0 Å². The highest BCUT2D eigenvalue weighted by Crippen LogP contribution is 2.27. The van der Waals surface area contributed by atoms with E-state index in [1.54, 1.807) is 6.20 Å². The number of nitrogens with zero attached hydrogens (tertiary/aromatic N) is 3. The number of fused-ring (bicyclic) bond motifs is 1. The fourth-order valence-electron chi connectivity index (χ4n) is 2.86. The van der Waals surface area contributed by atoms with E-state index in [1.165, 1.54) is 0 Å². The van der Waals surface area contributed by atoms with E-state index >= 15 is 0 Å². The maximum Gasteiger partial charge on any atom is 0.0914 e. The molecule has 0 saturated carbocycles. The molecule has 0 bridgehead atoms. The van der Waals surface area contributed by atoms with Crippen LogP contribution in [-0.2, 0) is 0 Å². The second-order valence-electron chi connectivity index (χ2n) is 5.74. The van der Waals surface area contributed by atoms with Gasteiger partial charge >= 0.3 is 0 Å². The van der Waals surface area contributed by atoms with Crippen LogP contribution in [-0.4, -0.2) is 41.0 Å². The first-order chi connectivity index (χ1) is 11.8. The molecule has 3 rings (SSSR count). The van der Waals surface area contributed by atoms with E-state index in [0.29, 0.717) is 0 Å². The summed E-state index contributed by atoms with van der Waals surface area (Å²) in [6, 6.07) is 16.3. The molecule has 2 aromatic heterocycles. The van der Waals surface area contributed by atoms with E-state index in [2.05, 4.69) is 53.3 Å². The Labute approximate surface area is 143 Å². The monoisotopic (exact) mass is 320 g/mol. The topological polar surface area (TPSA) is 41.0 Å². The van der Waals surface area contributed by atoms with E-state index in [0.717, 1.165) is 54.2 Å². The van der Waals surface area contributed by atoms with Crippen LogP contribution in [0.5, 0.6) is 0 Å². The van der Waals surface area contributed by atoms with Crippen molar-refractivity contribution in [1.29, 1.82) is 0 Å². The van der Waals surface area contributed by atoms with Crippen LogP contribution in [0.15, 0.2) is 54.7 Å². The number of rotatable bonds is 7. The summed E-state index contributed by atoms with van der Waals surface area (Å²) >= 11 is 0.